The first-order chi connectivity index (χ1) is 8.37. The summed E-state index contributed by atoms with van der Waals surface area (Å²) in [5.74, 6) is 1.64. The first-order valence-corrected chi connectivity index (χ1v) is 8.12. The first-order valence-electron chi connectivity index (χ1n) is 8.12. The molecule has 0 radical (unpaired) electrons. The Bertz CT molecular complexity index is 181. The van der Waals surface area contributed by atoms with Crippen molar-refractivity contribution in [1.82, 2.24) is 5.32 Å². The molecule has 0 saturated carbocycles. The lowest BCUT2D eigenvalue weighted by Crippen LogP contribution is -2.39. The molecule has 0 rings (SSSR count). The normalized spacial score (nSPS) is 15.7. The zero-order valence-corrected chi connectivity index (χ0v) is 13.8. The predicted molar refractivity (Wildman–Crippen MR) is 84.1 cm³/mol. The predicted octanol–water partition coefficient (Wildman–Crippen LogP) is 5.40. The van der Waals surface area contributed by atoms with Gasteiger partial charge in [-0.2, -0.15) is 0 Å². The molecule has 0 aromatic heterocycles. The van der Waals surface area contributed by atoms with Crippen molar-refractivity contribution in [2.24, 2.45) is 11.8 Å². The van der Waals surface area contributed by atoms with Crippen LogP contribution in [0.2, 0.25) is 0 Å². The maximum Gasteiger partial charge on any atom is 0.00966 e. The van der Waals surface area contributed by atoms with Crippen molar-refractivity contribution < 1.29 is 0 Å². The summed E-state index contributed by atoms with van der Waals surface area (Å²) in [6.07, 6.45) is 9.90. The SMILES string of the molecule is CCCCCCCCC(C)C(C)CNC(C)(C)C. The van der Waals surface area contributed by atoms with E-state index in [0.29, 0.717) is 0 Å². The van der Waals surface area contributed by atoms with Crippen LogP contribution in [0.4, 0.5) is 0 Å². The van der Waals surface area contributed by atoms with Crippen molar-refractivity contribution >= 4 is 0 Å². The zero-order chi connectivity index (χ0) is 14.0. The fourth-order valence-electron chi connectivity index (χ4n) is 2.20. The smallest absolute Gasteiger partial charge is 0.00966 e. The van der Waals surface area contributed by atoms with Gasteiger partial charge >= 0.3 is 0 Å². The minimum atomic E-state index is 0.258. The van der Waals surface area contributed by atoms with Crippen LogP contribution < -0.4 is 5.32 Å². The minimum Gasteiger partial charge on any atom is -0.312 e. The van der Waals surface area contributed by atoms with Crippen molar-refractivity contribution in [1.29, 1.82) is 0 Å². The van der Waals surface area contributed by atoms with Crippen LogP contribution in [0.15, 0.2) is 0 Å². The Morgan fingerprint density at radius 2 is 1.39 bits per heavy atom. The van der Waals surface area contributed by atoms with E-state index in [4.69, 9.17) is 0 Å². The van der Waals surface area contributed by atoms with Crippen LogP contribution in [0, 0.1) is 11.8 Å². The van der Waals surface area contributed by atoms with Gasteiger partial charge in [0.15, 0.2) is 0 Å². The molecule has 0 saturated heterocycles. The third-order valence-corrected chi connectivity index (χ3v) is 3.94. The van der Waals surface area contributed by atoms with Crippen molar-refractivity contribution in [3.8, 4) is 0 Å². The second-order valence-corrected chi connectivity index (χ2v) is 7.14. The number of nitrogens with one attached hydrogen (secondary N) is 1. The van der Waals surface area contributed by atoms with Gasteiger partial charge in [0.2, 0.25) is 0 Å². The van der Waals surface area contributed by atoms with E-state index in [1.54, 1.807) is 0 Å². The fourth-order valence-corrected chi connectivity index (χ4v) is 2.20. The van der Waals surface area contributed by atoms with Crippen molar-refractivity contribution in [3.05, 3.63) is 0 Å². The van der Waals surface area contributed by atoms with E-state index in [9.17, 15) is 0 Å². The summed E-state index contributed by atoms with van der Waals surface area (Å²) in [4.78, 5) is 0. The standard InChI is InChI=1S/C17H37N/c1-7-8-9-10-11-12-13-15(2)16(3)14-18-17(4,5)6/h15-16,18H,7-14H2,1-6H3. The molecule has 1 heteroatoms. The van der Waals surface area contributed by atoms with E-state index in [2.05, 4.69) is 46.9 Å². The highest BCUT2D eigenvalue weighted by molar-refractivity contribution is 4.73. The third-order valence-electron chi connectivity index (χ3n) is 3.94. The molecule has 0 heterocycles. The summed E-state index contributed by atoms with van der Waals surface area (Å²) in [5.41, 5.74) is 0.258. The first kappa shape index (κ1) is 18.0. The monoisotopic (exact) mass is 255 g/mol. The lowest BCUT2D eigenvalue weighted by molar-refractivity contribution is 0.300. The van der Waals surface area contributed by atoms with Crippen LogP contribution in [-0.2, 0) is 0 Å². The zero-order valence-electron chi connectivity index (χ0n) is 13.8. The number of hydrogen-bond acceptors (Lipinski definition) is 1. The summed E-state index contributed by atoms with van der Waals surface area (Å²) in [6.45, 7) is 15.0. The fraction of sp³-hybridized carbons (Fsp3) is 1.00. The second kappa shape index (κ2) is 9.83. The van der Waals surface area contributed by atoms with Gasteiger partial charge in [0, 0.05) is 5.54 Å². The van der Waals surface area contributed by atoms with Gasteiger partial charge < -0.3 is 5.32 Å². The molecule has 1 N–H and O–H groups in total. The van der Waals surface area contributed by atoms with Gasteiger partial charge in [-0.1, -0.05) is 65.7 Å². The largest absolute Gasteiger partial charge is 0.312 e. The molecule has 0 amide bonds. The van der Waals surface area contributed by atoms with E-state index in [1.807, 2.05) is 0 Å². The van der Waals surface area contributed by atoms with E-state index < -0.39 is 0 Å². The molecule has 0 aliphatic rings. The van der Waals surface area contributed by atoms with E-state index in [-0.39, 0.29) is 5.54 Å². The molecule has 0 spiro atoms. The van der Waals surface area contributed by atoms with Crippen molar-refractivity contribution in [3.63, 3.8) is 0 Å². The van der Waals surface area contributed by atoms with Gasteiger partial charge in [0.25, 0.3) is 0 Å². The van der Waals surface area contributed by atoms with Crippen molar-refractivity contribution in [2.45, 2.75) is 92.0 Å². The molecule has 0 aromatic carbocycles. The molecular formula is C17H37N. The topological polar surface area (TPSA) is 12.0 Å². The highest BCUT2D eigenvalue weighted by Crippen LogP contribution is 2.19. The maximum atomic E-state index is 3.62. The summed E-state index contributed by atoms with van der Waals surface area (Å²) in [7, 11) is 0. The Balaban J connectivity index is 3.53. The number of unbranched alkanes of at least 4 members (excludes halogenated alkanes) is 5. The molecule has 2 atom stereocenters. The van der Waals surface area contributed by atoms with Crippen LogP contribution in [0.3, 0.4) is 0 Å². The summed E-state index contributed by atoms with van der Waals surface area (Å²) >= 11 is 0. The Labute approximate surface area is 116 Å². The summed E-state index contributed by atoms with van der Waals surface area (Å²) in [5, 5.41) is 3.62. The maximum absolute atomic E-state index is 3.62. The van der Waals surface area contributed by atoms with Crippen LogP contribution >= 0.6 is 0 Å². The average molecular weight is 255 g/mol. The van der Waals surface area contributed by atoms with Gasteiger partial charge in [-0.25, -0.2) is 0 Å². The van der Waals surface area contributed by atoms with Gasteiger partial charge in [0.1, 0.15) is 0 Å². The Morgan fingerprint density at radius 1 is 0.833 bits per heavy atom. The molecule has 0 aromatic rings. The van der Waals surface area contributed by atoms with Gasteiger partial charge in [-0.05, 0) is 39.2 Å². The Kier molecular flexibility index (Phi) is 9.81. The molecule has 1 nitrogen and oxygen atoms in total. The minimum absolute atomic E-state index is 0.258. The highest BCUT2D eigenvalue weighted by Gasteiger charge is 2.15. The lowest BCUT2D eigenvalue weighted by atomic mass is 9.90. The molecule has 18 heavy (non-hydrogen) atoms. The van der Waals surface area contributed by atoms with E-state index >= 15 is 0 Å². The van der Waals surface area contributed by atoms with Crippen LogP contribution in [0.5, 0.6) is 0 Å². The van der Waals surface area contributed by atoms with Gasteiger partial charge in [-0.15, -0.1) is 0 Å². The average Bonchev–Trinajstić information content (AvgIpc) is 2.29. The molecule has 0 fully saturated rings. The number of hydrogen-bond donors (Lipinski definition) is 1. The quantitative estimate of drug-likeness (QED) is 0.516. The molecule has 110 valence electrons. The molecule has 0 aliphatic heterocycles. The molecular weight excluding hydrogens is 218 g/mol. The highest BCUT2D eigenvalue weighted by atomic mass is 14.9. The second-order valence-electron chi connectivity index (χ2n) is 7.14. The van der Waals surface area contributed by atoms with E-state index in [1.165, 1.54) is 44.9 Å². The molecule has 2 unspecified atom stereocenters. The van der Waals surface area contributed by atoms with Crippen LogP contribution in [0.1, 0.15) is 86.5 Å². The van der Waals surface area contributed by atoms with Crippen LogP contribution in [0.25, 0.3) is 0 Å². The van der Waals surface area contributed by atoms with Gasteiger partial charge in [-0.3, -0.25) is 0 Å². The van der Waals surface area contributed by atoms with Crippen molar-refractivity contribution in [2.75, 3.05) is 6.54 Å². The summed E-state index contributed by atoms with van der Waals surface area (Å²) < 4.78 is 0. The van der Waals surface area contributed by atoms with Gasteiger partial charge in [0.05, 0.1) is 0 Å². The number of rotatable bonds is 10. The third kappa shape index (κ3) is 11.1. The summed E-state index contributed by atoms with van der Waals surface area (Å²) in [6, 6.07) is 0. The van der Waals surface area contributed by atoms with E-state index in [0.717, 1.165) is 18.4 Å². The molecule has 0 aliphatic carbocycles. The Morgan fingerprint density at radius 3 is 1.94 bits per heavy atom. The van der Waals surface area contributed by atoms with Crippen LogP contribution in [-0.4, -0.2) is 12.1 Å². The molecule has 0 bridgehead atoms. The lowest BCUT2D eigenvalue weighted by Gasteiger charge is -2.26. The Hall–Kier alpha value is -0.0400.